The van der Waals surface area contributed by atoms with Crippen LogP contribution in [0.4, 0.5) is 5.69 Å². The summed E-state index contributed by atoms with van der Waals surface area (Å²) in [5.74, 6) is -2.00. The molecule has 0 aromatic heterocycles. The molecule has 2 saturated heterocycles. The quantitative estimate of drug-likeness (QED) is 0.484. The molecule has 1 N–H and O–H groups in total. The van der Waals surface area contributed by atoms with Gasteiger partial charge in [-0.05, 0) is 43.4 Å². The first-order chi connectivity index (χ1) is 17.2. The van der Waals surface area contributed by atoms with Crippen molar-refractivity contribution >= 4 is 35.2 Å². The molecule has 5 rings (SSSR count). The third-order valence-corrected chi connectivity index (χ3v) is 9.60. The van der Waals surface area contributed by atoms with Crippen LogP contribution in [0.3, 0.4) is 0 Å². The van der Waals surface area contributed by atoms with Gasteiger partial charge in [0.1, 0.15) is 12.6 Å². The predicted molar refractivity (Wildman–Crippen MR) is 140 cm³/mol. The molecule has 0 aliphatic carbocycles. The number of carbonyl (C=O) groups is 3. The summed E-state index contributed by atoms with van der Waals surface area (Å²) in [5.41, 5.74) is 2.84. The van der Waals surface area contributed by atoms with E-state index in [1.165, 1.54) is 11.8 Å². The second kappa shape index (κ2) is 9.38. The number of hydrogen-bond acceptors (Lipinski definition) is 6. The Hall–Kier alpha value is -2.58. The molecular weight excluding hydrogens is 476 g/mol. The zero-order valence-corrected chi connectivity index (χ0v) is 22.0. The van der Waals surface area contributed by atoms with Crippen LogP contribution in [0.25, 0.3) is 0 Å². The molecule has 1 spiro atoms. The van der Waals surface area contributed by atoms with Crippen LogP contribution in [0.1, 0.15) is 31.4 Å². The summed E-state index contributed by atoms with van der Waals surface area (Å²) in [4.78, 5) is 45.2. The average molecular weight is 511 g/mol. The summed E-state index contributed by atoms with van der Waals surface area (Å²) in [7, 11) is 0. The number of carbonyl (C=O) groups excluding carboxylic acids is 3. The minimum Gasteiger partial charge on any atom is -0.461 e. The second-order valence-corrected chi connectivity index (χ2v) is 12.2. The number of likely N-dealkylation sites (tertiary alicyclic amines) is 1. The van der Waals surface area contributed by atoms with Gasteiger partial charge in [-0.25, -0.2) is 0 Å². The van der Waals surface area contributed by atoms with Crippen molar-refractivity contribution in [2.45, 2.75) is 56.2 Å². The maximum atomic E-state index is 14.5. The summed E-state index contributed by atoms with van der Waals surface area (Å²) < 4.78 is 4.52. The van der Waals surface area contributed by atoms with Gasteiger partial charge < -0.3 is 19.6 Å². The molecular formula is C28H34N2O5S. The number of benzene rings is 1. The largest absolute Gasteiger partial charge is 0.461 e. The number of fused-ring (bicyclic) bond motifs is 2. The normalized spacial score (nSPS) is 32.2. The van der Waals surface area contributed by atoms with Gasteiger partial charge in [0.25, 0.3) is 5.91 Å². The summed E-state index contributed by atoms with van der Waals surface area (Å²) in [6, 6.07) is 4.67. The van der Waals surface area contributed by atoms with E-state index in [2.05, 4.69) is 0 Å². The Morgan fingerprint density at radius 1 is 1.17 bits per heavy atom. The molecule has 0 bridgehead atoms. The van der Waals surface area contributed by atoms with Crippen molar-refractivity contribution in [1.82, 2.24) is 4.90 Å². The Morgan fingerprint density at radius 3 is 2.67 bits per heavy atom. The molecule has 7 nitrogen and oxygen atoms in total. The first-order valence-electron chi connectivity index (χ1n) is 12.7. The highest BCUT2D eigenvalue weighted by molar-refractivity contribution is 8.02. The number of amides is 2. The summed E-state index contributed by atoms with van der Waals surface area (Å²) in [6.45, 7) is 8.37. The first-order valence-corrected chi connectivity index (χ1v) is 13.6. The predicted octanol–water partition coefficient (Wildman–Crippen LogP) is 3.02. The SMILES string of the molecule is Cc1ccc(C)c(N2CC=C[C@]34S[C@@H]5C=CCOC(=O)[C@@H]5[C@H]3C(=O)N([C@@H](CO)CC(C)C)C4C2=O)c1. The van der Waals surface area contributed by atoms with E-state index in [1.54, 1.807) is 9.80 Å². The number of aryl methyl sites for hydroxylation is 2. The lowest BCUT2D eigenvalue weighted by atomic mass is 9.78. The van der Waals surface area contributed by atoms with E-state index in [1.807, 2.05) is 70.2 Å². The van der Waals surface area contributed by atoms with Gasteiger partial charge in [-0.2, -0.15) is 0 Å². The Morgan fingerprint density at radius 2 is 1.94 bits per heavy atom. The Labute approximate surface area is 216 Å². The molecule has 0 radical (unpaired) electrons. The van der Waals surface area contributed by atoms with Gasteiger partial charge in [0.15, 0.2) is 0 Å². The molecule has 36 heavy (non-hydrogen) atoms. The molecule has 1 aromatic carbocycles. The molecule has 4 aliphatic heterocycles. The highest BCUT2D eigenvalue weighted by Gasteiger charge is 2.71. The van der Waals surface area contributed by atoms with Crippen molar-refractivity contribution in [1.29, 1.82) is 0 Å². The third kappa shape index (κ3) is 3.80. The zero-order valence-electron chi connectivity index (χ0n) is 21.2. The van der Waals surface area contributed by atoms with Crippen LogP contribution in [0.15, 0.2) is 42.5 Å². The van der Waals surface area contributed by atoms with Gasteiger partial charge in [-0.1, -0.05) is 50.3 Å². The van der Waals surface area contributed by atoms with Crippen LogP contribution in [0.2, 0.25) is 0 Å². The van der Waals surface area contributed by atoms with Crippen LogP contribution in [0.5, 0.6) is 0 Å². The Balaban J connectivity index is 1.66. The van der Waals surface area contributed by atoms with Gasteiger partial charge in [-0.3, -0.25) is 14.4 Å². The van der Waals surface area contributed by atoms with E-state index in [9.17, 15) is 19.5 Å². The molecule has 192 valence electrons. The van der Waals surface area contributed by atoms with Crippen molar-refractivity contribution in [3.05, 3.63) is 53.6 Å². The lowest BCUT2D eigenvalue weighted by Crippen LogP contribution is -2.57. The molecule has 4 aliphatic rings. The molecule has 6 atom stereocenters. The fourth-order valence-corrected chi connectivity index (χ4v) is 8.34. The highest BCUT2D eigenvalue weighted by Crippen LogP contribution is 2.61. The maximum absolute atomic E-state index is 14.5. The lowest BCUT2D eigenvalue weighted by Gasteiger charge is -2.39. The summed E-state index contributed by atoms with van der Waals surface area (Å²) in [6.07, 6.45) is 8.29. The fraction of sp³-hybridized carbons (Fsp3) is 0.536. The monoisotopic (exact) mass is 510 g/mol. The second-order valence-electron chi connectivity index (χ2n) is 10.8. The number of ether oxygens (including phenoxy) is 1. The topological polar surface area (TPSA) is 87.2 Å². The molecule has 2 amide bonds. The molecule has 8 heteroatoms. The smallest absolute Gasteiger partial charge is 0.311 e. The standard InChI is InChI=1S/C28H34N2O5S/c1-16(2)13-19(15-31)30-24-26(33)29(20-14-17(3)8-9-18(20)4)11-6-10-28(24)23(25(30)32)22-21(36-28)7-5-12-35-27(22)34/h5-10,14,16,19,21-24,31H,11-13,15H2,1-4H3/t19-,21-,22+,23+,24?,28+/m1/s1. The van der Waals surface area contributed by atoms with Crippen LogP contribution < -0.4 is 4.90 Å². The Kier molecular flexibility index (Phi) is 6.53. The highest BCUT2D eigenvalue weighted by atomic mass is 32.2. The van der Waals surface area contributed by atoms with E-state index in [-0.39, 0.29) is 36.2 Å². The minimum atomic E-state index is -0.916. The van der Waals surface area contributed by atoms with Gasteiger partial charge in [0, 0.05) is 17.5 Å². The number of aliphatic hydroxyl groups excluding tert-OH is 1. The molecule has 1 unspecified atom stereocenters. The van der Waals surface area contributed by atoms with E-state index < -0.39 is 34.6 Å². The number of anilines is 1. The Bertz CT molecular complexity index is 1150. The summed E-state index contributed by atoms with van der Waals surface area (Å²) >= 11 is 1.52. The molecule has 2 fully saturated rings. The van der Waals surface area contributed by atoms with Gasteiger partial charge in [0.2, 0.25) is 5.91 Å². The number of hydrogen-bond donors (Lipinski definition) is 1. The summed E-state index contributed by atoms with van der Waals surface area (Å²) in [5, 5.41) is 10.2. The van der Waals surface area contributed by atoms with Crippen LogP contribution >= 0.6 is 11.8 Å². The van der Waals surface area contributed by atoms with Crippen molar-refractivity contribution in [3.63, 3.8) is 0 Å². The van der Waals surface area contributed by atoms with Gasteiger partial charge in [0.05, 0.1) is 29.2 Å². The number of cyclic esters (lactones) is 1. The minimum absolute atomic E-state index is 0.173. The van der Waals surface area contributed by atoms with Crippen molar-refractivity contribution in [3.8, 4) is 0 Å². The third-order valence-electron chi connectivity index (χ3n) is 7.85. The number of aliphatic hydroxyl groups is 1. The van der Waals surface area contributed by atoms with Crippen LogP contribution in [-0.2, 0) is 19.1 Å². The lowest BCUT2D eigenvalue weighted by molar-refractivity contribution is -0.152. The first kappa shape index (κ1) is 25.1. The van der Waals surface area contributed by atoms with Crippen molar-refractivity contribution < 1.29 is 24.2 Å². The van der Waals surface area contributed by atoms with Gasteiger partial charge in [-0.15, -0.1) is 11.8 Å². The van der Waals surface area contributed by atoms with Crippen LogP contribution in [-0.4, -0.2) is 69.6 Å². The van der Waals surface area contributed by atoms with E-state index in [0.717, 1.165) is 16.8 Å². The van der Waals surface area contributed by atoms with Crippen molar-refractivity contribution in [2.75, 3.05) is 24.7 Å². The number of rotatable bonds is 5. The average Bonchev–Trinajstić information content (AvgIpc) is 3.14. The van der Waals surface area contributed by atoms with Gasteiger partial charge >= 0.3 is 5.97 Å². The van der Waals surface area contributed by atoms with E-state index >= 15 is 0 Å². The number of thioether (sulfide) groups is 1. The fourth-order valence-electron chi connectivity index (χ4n) is 6.35. The molecule has 0 saturated carbocycles. The maximum Gasteiger partial charge on any atom is 0.311 e. The van der Waals surface area contributed by atoms with E-state index in [0.29, 0.717) is 13.0 Å². The zero-order chi connectivity index (χ0) is 25.8. The number of nitrogens with zero attached hydrogens (tertiary/aromatic N) is 2. The van der Waals surface area contributed by atoms with Crippen LogP contribution in [0, 0.1) is 31.6 Å². The number of esters is 1. The molecule has 4 heterocycles. The van der Waals surface area contributed by atoms with E-state index in [4.69, 9.17) is 4.74 Å². The molecule has 1 aromatic rings. The van der Waals surface area contributed by atoms with Crippen molar-refractivity contribution in [2.24, 2.45) is 17.8 Å².